The van der Waals surface area contributed by atoms with Gasteiger partial charge < -0.3 is 5.32 Å². The molecule has 21 heavy (non-hydrogen) atoms. The molecule has 0 atom stereocenters. The minimum atomic E-state index is -4.34. The van der Waals surface area contributed by atoms with E-state index in [1.54, 1.807) is 0 Å². The normalized spacial score (nSPS) is 16.6. The van der Waals surface area contributed by atoms with Gasteiger partial charge >= 0.3 is 6.18 Å². The molecule has 6 heteroatoms. The second-order valence-corrected chi connectivity index (χ2v) is 6.38. The van der Waals surface area contributed by atoms with E-state index >= 15 is 0 Å². The Kier molecular flexibility index (Phi) is 4.96. The first-order valence-electron chi connectivity index (χ1n) is 6.83. The molecule has 1 aromatic carbocycles. The van der Waals surface area contributed by atoms with Crippen molar-refractivity contribution in [2.75, 3.05) is 11.9 Å². The fourth-order valence-corrected chi connectivity index (χ4v) is 3.08. The minimum absolute atomic E-state index is 0.114. The molecule has 0 spiro atoms. The highest BCUT2D eigenvalue weighted by Crippen LogP contribution is 2.48. The molecular weight excluding hydrogens is 347 g/mol. The van der Waals surface area contributed by atoms with Crippen LogP contribution in [0.4, 0.5) is 13.2 Å². The maximum atomic E-state index is 12.4. The monoisotopic (exact) mass is 363 g/mol. The van der Waals surface area contributed by atoms with Crippen molar-refractivity contribution in [1.82, 2.24) is 5.32 Å². The molecule has 0 heterocycles. The second-order valence-electron chi connectivity index (χ2n) is 5.59. The first-order valence-corrected chi connectivity index (χ1v) is 7.96. The fraction of sp³-hybridized carbons (Fsp3) is 0.533. The van der Waals surface area contributed by atoms with E-state index in [1.807, 2.05) is 0 Å². The summed E-state index contributed by atoms with van der Waals surface area (Å²) < 4.78 is 37.3. The maximum absolute atomic E-state index is 12.4. The average Bonchev–Trinajstić information content (AvgIpc) is 3.17. The molecule has 0 aliphatic heterocycles. The van der Waals surface area contributed by atoms with E-state index in [0.29, 0.717) is 12.1 Å². The Morgan fingerprint density at radius 2 is 1.86 bits per heavy atom. The second kappa shape index (κ2) is 6.38. The molecule has 116 valence electrons. The third-order valence-electron chi connectivity index (χ3n) is 3.89. The molecule has 1 aliphatic rings. The number of alkyl halides is 4. The molecule has 1 aliphatic carbocycles. The first kappa shape index (κ1) is 16.3. The molecular formula is C15H17BrF3NO. The van der Waals surface area contributed by atoms with Crippen molar-refractivity contribution in [3.05, 3.63) is 35.4 Å². The van der Waals surface area contributed by atoms with Crippen LogP contribution in [0.15, 0.2) is 24.3 Å². The number of hydrogen-bond donors (Lipinski definition) is 1. The van der Waals surface area contributed by atoms with Gasteiger partial charge in [-0.1, -0.05) is 28.1 Å². The lowest BCUT2D eigenvalue weighted by Crippen LogP contribution is -2.31. The van der Waals surface area contributed by atoms with E-state index in [9.17, 15) is 18.0 Å². The van der Waals surface area contributed by atoms with Crippen LogP contribution in [0.1, 0.15) is 30.4 Å². The number of halogens is 4. The lowest BCUT2D eigenvalue weighted by molar-refractivity contribution is -0.137. The molecule has 1 aromatic rings. The Bertz CT molecular complexity index is 495. The van der Waals surface area contributed by atoms with E-state index in [4.69, 9.17) is 0 Å². The van der Waals surface area contributed by atoms with Crippen LogP contribution < -0.4 is 5.32 Å². The topological polar surface area (TPSA) is 29.1 Å². The zero-order valence-electron chi connectivity index (χ0n) is 11.5. The van der Waals surface area contributed by atoms with E-state index in [1.165, 1.54) is 12.1 Å². The standard InChI is InChI=1S/C15H17BrF3NO/c16-8-7-14(5-6-14)10-20-13(21)9-11-1-3-12(4-2-11)15(17,18)19/h1-4H,5-10H2,(H,20,21). The number of rotatable bonds is 6. The number of benzene rings is 1. The summed E-state index contributed by atoms with van der Waals surface area (Å²) in [6, 6.07) is 4.73. The zero-order valence-corrected chi connectivity index (χ0v) is 13.1. The van der Waals surface area contributed by atoms with Crippen molar-refractivity contribution in [3.8, 4) is 0 Å². The zero-order chi connectivity index (χ0) is 15.5. The van der Waals surface area contributed by atoms with Crippen LogP contribution >= 0.6 is 15.9 Å². The van der Waals surface area contributed by atoms with E-state index < -0.39 is 11.7 Å². The summed E-state index contributed by atoms with van der Waals surface area (Å²) in [5.41, 5.74) is 0.131. The van der Waals surface area contributed by atoms with Gasteiger partial charge in [-0.2, -0.15) is 13.2 Å². The molecule has 0 radical (unpaired) electrons. The van der Waals surface area contributed by atoms with Gasteiger partial charge in [-0.05, 0) is 42.4 Å². The fourth-order valence-electron chi connectivity index (χ4n) is 2.24. The Morgan fingerprint density at radius 1 is 1.24 bits per heavy atom. The number of nitrogens with one attached hydrogen (secondary N) is 1. The van der Waals surface area contributed by atoms with Crippen molar-refractivity contribution in [2.45, 2.75) is 31.9 Å². The molecule has 2 rings (SSSR count). The SMILES string of the molecule is O=C(Cc1ccc(C(F)(F)F)cc1)NCC1(CCBr)CC1. The van der Waals surface area contributed by atoms with Crippen molar-refractivity contribution < 1.29 is 18.0 Å². The van der Waals surface area contributed by atoms with E-state index in [0.717, 1.165) is 36.7 Å². The number of hydrogen-bond acceptors (Lipinski definition) is 1. The lowest BCUT2D eigenvalue weighted by Gasteiger charge is -2.14. The molecule has 2 nitrogen and oxygen atoms in total. The maximum Gasteiger partial charge on any atom is 0.416 e. The first-order chi connectivity index (χ1) is 9.85. The predicted molar refractivity (Wildman–Crippen MR) is 78.2 cm³/mol. The lowest BCUT2D eigenvalue weighted by atomic mass is 10.0. The van der Waals surface area contributed by atoms with Gasteiger partial charge in [-0.3, -0.25) is 4.79 Å². The van der Waals surface area contributed by atoms with Gasteiger partial charge in [0.05, 0.1) is 12.0 Å². The minimum Gasteiger partial charge on any atom is -0.355 e. The molecule has 1 fully saturated rings. The molecule has 0 aromatic heterocycles. The van der Waals surface area contributed by atoms with Gasteiger partial charge in [0.25, 0.3) is 0 Å². The van der Waals surface area contributed by atoms with Crippen molar-refractivity contribution in [2.24, 2.45) is 5.41 Å². The van der Waals surface area contributed by atoms with Gasteiger partial charge in [0.15, 0.2) is 0 Å². The van der Waals surface area contributed by atoms with Crippen LogP contribution in [0.25, 0.3) is 0 Å². The summed E-state index contributed by atoms with van der Waals surface area (Å²) in [5, 5.41) is 3.80. The van der Waals surface area contributed by atoms with Gasteiger partial charge in [-0.15, -0.1) is 0 Å². The Hall–Kier alpha value is -1.04. The van der Waals surface area contributed by atoms with Crippen LogP contribution in [-0.2, 0) is 17.4 Å². The van der Waals surface area contributed by atoms with Crippen molar-refractivity contribution >= 4 is 21.8 Å². The third-order valence-corrected chi connectivity index (χ3v) is 4.28. The molecule has 1 N–H and O–H groups in total. The van der Waals surface area contributed by atoms with Crippen LogP contribution in [0.2, 0.25) is 0 Å². The molecule has 0 saturated heterocycles. The summed E-state index contributed by atoms with van der Waals surface area (Å²) in [6.45, 7) is 0.651. The molecule has 0 unspecified atom stereocenters. The van der Waals surface area contributed by atoms with Gasteiger partial charge in [-0.25, -0.2) is 0 Å². The van der Waals surface area contributed by atoms with Gasteiger partial charge in [0, 0.05) is 11.9 Å². The van der Waals surface area contributed by atoms with Gasteiger partial charge in [0.2, 0.25) is 5.91 Å². The molecule has 0 bridgehead atoms. The molecule has 1 saturated carbocycles. The highest BCUT2D eigenvalue weighted by molar-refractivity contribution is 9.09. The van der Waals surface area contributed by atoms with Crippen LogP contribution in [0.5, 0.6) is 0 Å². The quantitative estimate of drug-likeness (QED) is 0.762. The Labute approximate surface area is 130 Å². The van der Waals surface area contributed by atoms with E-state index in [-0.39, 0.29) is 17.7 Å². The third kappa shape index (κ3) is 4.73. The summed E-state index contributed by atoms with van der Waals surface area (Å²) in [6.07, 6.45) is -0.941. The Morgan fingerprint density at radius 3 is 2.33 bits per heavy atom. The van der Waals surface area contributed by atoms with Crippen LogP contribution in [-0.4, -0.2) is 17.8 Å². The Balaban J connectivity index is 1.83. The van der Waals surface area contributed by atoms with Crippen LogP contribution in [0, 0.1) is 5.41 Å². The van der Waals surface area contributed by atoms with Crippen molar-refractivity contribution in [1.29, 1.82) is 0 Å². The summed E-state index contributed by atoms with van der Waals surface area (Å²) >= 11 is 3.40. The molecule has 1 amide bonds. The number of amides is 1. The highest BCUT2D eigenvalue weighted by Gasteiger charge is 2.41. The summed E-state index contributed by atoms with van der Waals surface area (Å²) in [5.74, 6) is -0.143. The average molecular weight is 364 g/mol. The number of carbonyl (C=O) groups is 1. The smallest absolute Gasteiger partial charge is 0.355 e. The summed E-state index contributed by atoms with van der Waals surface area (Å²) in [7, 11) is 0. The van der Waals surface area contributed by atoms with Crippen LogP contribution in [0.3, 0.4) is 0 Å². The summed E-state index contributed by atoms with van der Waals surface area (Å²) in [4.78, 5) is 11.8. The number of carbonyl (C=O) groups excluding carboxylic acids is 1. The van der Waals surface area contributed by atoms with Crippen molar-refractivity contribution in [3.63, 3.8) is 0 Å². The predicted octanol–water partition coefficient (Wildman–Crippen LogP) is 3.93. The highest BCUT2D eigenvalue weighted by atomic mass is 79.9. The van der Waals surface area contributed by atoms with Gasteiger partial charge in [0.1, 0.15) is 0 Å². The largest absolute Gasteiger partial charge is 0.416 e. The van der Waals surface area contributed by atoms with E-state index in [2.05, 4.69) is 21.2 Å².